The van der Waals surface area contributed by atoms with E-state index in [-0.39, 0.29) is 0 Å². The number of hydrogen-bond acceptors (Lipinski definition) is 5. The van der Waals surface area contributed by atoms with Gasteiger partial charge in [-0.1, -0.05) is 72.8 Å². The first-order valence-electron chi connectivity index (χ1n) is 11.4. The maximum absolute atomic E-state index is 12.1. The lowest BCUT2D eigenvalue weighted by Gasteiger charge is -2.10. The van der Waals surface area contributed by atoms with E-state index in [2.05, 4.69) is 12.1 Å². The summed E-state index contributed by atoms with van der Waals surface area (Å²) in [5.41, 5.74) is 6.02. The minimum Gasteiger partial charge on any atom is -0.497 e. The largest absolute Gasteiger partial charge is 0.497 e. The molecule has 0 bridgehead atoms. The number of hydrogen-bond donors (Lipinski definition) is 0. The predicted molar refractivity (Wildman–Crippen MR) is 135 cm³/mol. The molecule has 0 aliphatic rings. The molecule has 6 heteroatoms. The summed E-state index contributed by atoms with van der Waals surface area (Å²) in [6, 6.07) is 27.9. The van der Waals surface area contributed by atoms with Crippen molar-refractivity contribution in [1.82, 2.24) is 14.4 Å². The van der Waals surface area contributed by atoms with Crippen LogP contribution in [0.4, 0.5) is 0 Å². The van der Waals surface area contributed by atoms with E-state index in [4.69, 9.17) is 19.4 Å². The third kappa shape index (κ3) is 4.92. The average molecular weight is 464 g/mol. The van der Waals surface area contributed by atoms with E-state index in [1.54, 1.807) is 7.11 Å². The van der Waals surface area contributed by atoms with Crippen molar-refractivity contribution in [2.24, 2.45) is 0 Å². The van der Waals surface area contributed by atoms with E-state index in [0.717, 1.165) is 33.8 Å². The molecule has 3 aromatic carbocycles. The van der Waals surface area contributed by atoms with Crippen LogP contribution in [-0.2, 0) is 17.6 Å². The molecule has 6 nitrogen and oxygen atoms in total. The van der Waals surface area contributed by atoms with Crippen LogP contribution in [0.25, 0.3) is 16.9 Å². The molecule has 0 atom stereocenters. The van der Waals surface area contributed by atoms with E-state index in [1.807, 2.05) is 83.4 Å². The Bertz CT molecular complexity index is 1480. The van der Waals surface area contributed by atoms with E-state index >= 15 is 0 Å². The van der Waals surface area contributed by atoms with Crippen LogP contribution in [0.3, 0.4) is 0 Å². The number of imidazole rings is 1. The van der Waals surface area contributed by atoms with Crippen LogP contribution in [0, 0.1) is 0 Å². The number of aromatic nitrogens is 3. The van der Waals surface area contributed by atoms with Gasteiger partial charge in [0.05, 0.1) is 18.5 Å². The first-order chi connectivity index (χ1) is 17.1. The van der Waals surface area contributed by atoms with Crippen molar-refractivity contribution < 1.29 is 14.3 Å². The zero-order chi connectivity index (χ0) is 24.2. The normalized spacial score (nSPS) is 10.9. The van der Waals surface area contributed by atoms with Crippen molar-refractivity contribution in [3.05, 3.63) is 114 Å². The molecule has 0 aliphatic carbocycles. The number of nitrogens with zero attached hydrogens (tertiary/aromatic N) is 3. The van der Waals surface area contributed by atoms with Crippen molar-refractivity contribution in [2.45, 2.75) is 19.8 Å². The minimum absolute atomic E-state index is 0.402. The second-order valence-corrected chi connectivity index (χ2v) is 8.28. The van der Waals surface area contributed by atoms with Gasteiger partial charge in [0, 0.05) is 31.5 Å². The minimum atomic E-state index is -0.402. The Balaban J connectivity index is 1.69. The highest BCUT2D eigenvalue weighted by atomic mass is 16.5. The summed E-state index contributed by atoms with van der Waals surface area (Å²) < 4.78 is 13.0. The second-order valence-electron chi connectivity index (χ2n) is 8.28. The Morgan fingerprint density at radius 1 is 0.829 bits per heavy atom. The van der Waals surface area contributed by atoms with Gasteiger partial charge in [-0.05, 0) is 23.3 Å². The van der Waals surface area contributed by atoms with E-state index in [0.29, 0.717) is 30.1 Å². The summed E-state index contributed by atoms with van der Waals surface area (Å²) in [6.45, 7) is 1.40. The Hall–Kier alpha value is -4.45. The highest BCUT2D eigenvalue weighted by Gasteiger charge is 2.21. The Morgan fingerprint density at radius 3 is 2.23 bits per heavy atom. The molecule has 2 heterocycles. The molecule has 0 amide bonds. The fraction of sp³-hybridized carbons (Fsp3) is 0.138. The van der Waals surface area contributed by atoms with Crippen molar-refractivity contribution >= 4 is 11.6 Å². The Morgan fingerprint density at radius 2 is 1.51 bits per heavy atom. The number of ether oxygens (including phenoxy) is 2. The maximum Gasteiger partial charge on any atom is 0.309 e. The van der Waals surface area contributed by atoms with Gasteiger partial charge in [0.15, 0.2) is 5.65 Å². The third-order valence-electron chi connectivity index (χ3n) is 5.73. The molecule has 0 saturated carbocycles. The lowest BCUT2D eigenvalue weighted by Crippen LogP contribution is -2.07. The average Bonchev–Trinajstić information content (AvgIpc) is 3.21. The molecule has 0 spiro atoms. The lowest BCUT2D eigenvalue weighted by atomic mass is 10.1. The molecule has 0 fully saturated rings. The first kappa shape index (κ1) is 22.3. The van der Waals surface area contributed by atoms with Gasteiger partial charge >= 0.3 is 5.97 Å². The maximum atomic E-state index is 12.1. The van der Waals surface area contributed by atoms with E-state index in [9.17, 15) is 4.79 Å². The molecule has 0 N–H and O–H groups in total. The zero-order valence-electron chi connectivity index (χ0n) is 19.6. The molecular weight excluding hydrogens is 438 g/mol. The number of rotatable bonds is 7. The summed E-state index contributed by atoms with van der Waals surface area (Å²) in [7, 11) is 1.64. The molecule has 5 aromatic rings. The monoisotopic (exact) mass is 463 g/mol. The lowest BCUT2D eigenvalue weighted by molar-refractivity contribution is -0.132. The Kier molecular flexibility index (Phi) is 6.26. The van der Waals surface area contributed by atoms with Crippen LogP contribution < -0.4 is 9.47 Å². The Labute approximate surface area is 203 Å². The molecule has 0 aliphatic heterocycles. The third-order valence-corrected chi connectivity index (χ3v) is 5.73. The van der Waals surface area contributed by atoms with Gasteiger partial charge in [0.25, 0.3) is 0 Å². The van der Waals surface area contributed by atoms with Gasteiger partial charge in [-0.2, -0.15) is 0 Å². The standard InChI is InChI=1S/C29H25N3O3/c1-20(33)35-29-26(18-22-12-9-15-24(16-22)34-2)31-28-25(17-21-10-5-3-6-11-21)30-27(19-32(28)29)23-13-7-4-8-14-23/h3-16,19H,17-18H2,1-2H3. The van der Waals surface area contributed by atoms with Gasteiger partial charge < -0.3 is 9.47 Å². The summed E-state index contributed by atoms with van der Waals surface area (Å²) in [5, 5.41) is 0. The second kappa shape index (κ2) is 9.81. The fourth-order valence-corrected chi connectivity index (χ4v) is 4.13. The van der Waals surface area contributed by atoms with Crippen molar-refractivity contribution in [1.29, 1.82) is 0 Å². The van der Waals surface area contributed by atoms with Gasteiger partial charge in [0.2, 0.25) is 5.88 Å². The zero-order valence-corrected chi connectivity index (χ0v) is 19.6. The number of methoxy groups -OCH3 is 1. The molecule has 5 rings (SSSR count). The first-order valence-corrected chi connectivity index (χ1v) is 11.4. The van der Waals surface area contributed by atoms with Gasteiger partial charge in [-0.3, -0.25) is 9.20 Å². The topological polar surface area (TPSA) is 65.7 Å². The van der Waals surface area contributed by atoms with Gasteiger partial charge in [-0.15, -0.1) is 0 Å². The van der Waals surface area contributed by atoms with Crippen molar-refractivity contribution in [3.63, 3.8) is 0 Å². The number of carbonyl (C=O) groups is 1. The molecule has 174 valence electrons. The SMILES string of the molecule is COc1cccc(Cc2nc3c(Cc4ccccc4)nc(-c4ccccc4)cn3c2OC(C)=O)c1. The van der Waals surface area contributed by atoms with Crippen LogP contribution in [-0.4, -0.2) is 27.4 Å². The molecule has 0 radical (unpaired) electrons. The molecule has 35 heavy (non-hydrogen) atoms. The van der Waals surface area contributed by atoms with Crippen molar-refractivity contribution in [3.8, 4) is 22.9 Å². The number of esters is 1. The summed E-state index contributed by atoms with van der Waals surface area (Å²) >= 11 is 0. The molecule has 2 aromatic heterocycles. The fourth-order valence-electron chi connectivity index (χ4n) is 4.13. The van der Waals surface area contributed by atoms with E-state index < -0.39 is 5.97 Å². The molecular formula is C29H25N3O3. The number of fused-ring (bicyclic) bond motifs is 1. The molecule has 0 unspecified atom stereocenters. The predicted octanol–water partition coefficient (Wildman–Crippen LogP) is 5.51. The van der Waals surface area contributed by atoms with Crippen LogP contribution in [0.2, 0.25) is 0 Å². The smallest absolute Gasteiger partial charge is 0.309 e. The van der Waals surface area contributed by atoms with E-state index in [1.165, 1.54) is 6.92 Å². The molecule has 0 saturated heterocycles. The van der Waals surface area contributed by atoms with Crippen LogP contribution in [0.15, 0.2) is 91.1 Å². The van der Waals surface area contributed by atoms with Crippen molar-refractivity contribution in [2.75, 3.05) is 7.11 Å². The summed E-state index contributed by atoms with van der Waals surface area (Å²) in [6.07, 6.45) is 2.96. The highest BCUT2D eigenvalue weighted by Crippen LogP contribution is 2.30. The van der Waals surface area contributed by atoms with Crippen LogP contribution in [0.5, 0.6) is 11.6 Å². The van der Waals surface area contributed by atoms with Gasteiger partial charge in [-0.25, -0.2) is 9.97 Å². The quantitative estimate of drug-likeness (QED) is 0.298. The highest BCUT2D eigenvalue weighted by molar-refractivity contribution is 5.71. The number of benzene rings is 3. The van der Waals surface area contributed by atoms with Crippen LogP contribution >= 0.6 is 0 Å². The van der Waals surface area contributed by atoms with Gasteiger partial charge in [0.1, 0.15) is 11.4 Å². The van der Waals surface area contributed by atoms with Crippen LogP contribution in [0.1, 0.15) is 29.4 Å². The summed E-state index contributed by atoms with van der Waals surface area (Å²) in [4.78, 5) is 22.0. The number of carbonyl (C=O) groups excluding carboxylic acids is 1. The summed E-state index contributed by atoms with van der Waals surface area (Å²) in [5.74, 6) is 0.767.